The molecular formula is C18H24N2O5S. The molecule has 1 saturated heterocycles. The summed E-state index contributed by atoms with van der Waals surface area (Å²) >= 11 is 0. The zero-order valence-corrected chi connectivity index (χ0v) is 15.8. The lowest BCUT2D eigenvalue weighted by Gasteiger charge is -2.36. The number of aromatic carboxylic acids is 1. The third-order valence-electron chi connectivity index (χ3n) is 4.50. The fourth-order valence-electron chi connectivity index (χ4n) is 3.15. The lowest BCUT2D eigenvalue weighted by Crippen LogP contribution is -2.48. The van der Waals surface area contributed by atoms with Crippen molar-refractivity contribution in [1.82, 2.24) is 9.21 Å². The van der Waals surface area contributed by atoms with Gasteiger partial charge >= 0.3 is 5.97 Å². The van der Waals surface area contributed by atoms with Gasteiger partial charge in [-0.1, -0.05) is 19.1 Å². The molecule has 1 amide bonds. The van der Waals surface area contributed by atoms with Gasteiger partial charge in [0.1, 0.15) is 0 Å². The molecule has 0 radical (unpaired) electrons. The van der Waals surface area contributed by atoms with Gasteiger partial charge in [0.05, 0.1) is 11.8 Å². The third-order valence-corrected chi connectivity index (χ3v) is 5.91. The predicted octanol–water partition coefficient (Wildman–Crippen LogP) is 1.67. The fourth-order valence-corrected chi connectivity index (χ4v) is 4.37. The highest BCUT2D eigenvalue weighted by Crippen LogP contribution is 2.19. The van der Waals surface area contributed by atoms with Gasteiger partial charge in [-0.3, -0.25) is 4.79 Å². The first-order chi connectivity index (χ1) is 12.2. The zero-order valence-electron chi connectivity index (χ0n) is 15.0. The molecule has 1 aliphatic rings. The van der Waals surface area contributed by atoms with Crippen LogP contribution in [0.4, 0.5) is 0 Å². The van der Waals surface area contributed by atoms with Gasteiger partial charge in [-0.05, 0) is 36.6 Å². The number of carboxylic acids is 1. The van der Waals surface area contributed by atoms with E-state index in [0.717, 1.165) is 5.56 Å². The normalized spacial score (nSPS) is 16.3. The fraction of sp³-hybridized carbons (Fsp3) is 0.444. The van der Waals surface area contributed by atoms with E-state index in [0.29, 0.717) is 32.5 Å². The molecule has 1 aromatic carbocycles. The van der Waals surface area contributed by atoms with E-state index < -0.39 is 16.0 Å². The minimum atomic E-state index is -3.23. The summed E-state index contributed by atoms with van der Waals surface area (Å²) in [5.74, 6) is -1.12. The first-order valence-electron chi connectivity index (χ1n) is 8.49. The maximum Gasteiger partial charge on any atom is 0.335 e. The van der Waals surface area contributed by atoms with E-state index in [-0.39, 0.29) is 17.5 Å². The van der Waals surface area contributed by atoms with Crippen LogP contribution in [0.3, 0.4) is 0 Å². The lowest BCUT2D eigenvalue weighted by molar-refractivity contribution is -0.127. The number of carbonyl (C=O) groups is 2. The number of carbonyl (C=O) groups excluding carboxylic acids is 1. The Kier molecular flexibility index (Phi) is 6.55. The van der Waals surface area contributed by atoms with Crippen LogP contribution in [0.2, 0.25) is 0 Å². The molecule has 0 atom stereocenters. The Hall–Kier alpha value is -2.19. The quantitative estimate of drug-likeness (QED) is 0.758. The van der Waals surface area contributed by atoms with Crippen molar-refractivity contribution >= 4 is 28.0 Å². The molecule has 1 aliphatic heterocycles. The Labute approximate surface area is 154 Å². The topological polar surface area (TPSA) is 95.0 Å². The van der Waals surface area contributed by atoms with Crippen molar-refractivity contribution in [3.63, 3.8) is 0 Å². The number of nitrogens with zero attached hydrogens (tertiary/aromatic N) is 2. The molecular weight excluding hydrogens is 356 g/mol. The van der Waals surface area contributed by atoms with Gasteiger partial charge < -0.3 is 10.0 Å². The second-order valence-corrected chi connectivity index (χ2v) is 8.22. The van der Waals surface area contributed by atoms with Crippen molar-refractivity contribution in [1.29, 1.82) is 0 Å². The molecule has 2 rings (SSSR count). The summed E-state index contributed by atoms with van der Waals surface area (Å²) in [6, 6.07) is 6.20. The van der Waals surface area contributed by atoms with Gasteiger partial charge in [0, 0.05) is 31.8 Å². The number of hydrogen-bond acceptors (Lipinski definition) is 4. The molecule has 1 heterocycles. The average molecular weight is 380 g/mol. The maximum absolute atomic E-state index is 12.3. The molecule has 26 heavy (non-hydrogen) atoms. The molecule has 1 aromatic rings. The van der Waals surface area contributed by atoms with Crippen LogP contribution in [0.1, 0.15) is 35.7 Å². The largest absolute Gasteiger partial charge is 0.478 e. The van der Waals surface area contributed by atoms with Crippen LogP contribution in [-0.2, 0) is 14.8 Å². The van der Waals surface area contributed by atoms with E-state index in [2.05, 4.69) is 0 Å². The number of sulfonamides is 1. The van der Waals surface area contributed by atoms with Crippen LogP contribution in [0, 0.1) is 0 Å². The van der Waals surface area contributed by atoms with Crippen molar-refractivity contribution < 1.29 is 23.1 Å². The van der Waals surface area contributed by atoms with Crippen molar-refractivity contribution in [2.45, 2.75) is 25.8 Å². The van der Waals surface area contributed by atoms with Gasteiger partial charge in [-0.25, -0.2) is 13.2 Å². The van der Waals surface area contributed by atoms with E-state index in [9.17, 15) is 18.0 Å². The van der Waals surface area contributed by atoms with Gasteiger partial charge in [0.15, 0.2) is 0 Å². The highest BCUT2D eigenvalue weighted by Gasteiger charge is 2.29. The van der Waals surface area contributed by atoms with Crippen molar-refractivity contribution in [3.05, 3.63) is 41.5 Å². The molecule has 0 bridgehead atoms. The summed E-state index contributed by atoms with van der Waals surface area (Å²) in [6.45, 7) is 3.27. The highest BCUT2D eigenvalue weighted by atomic mass is 32.2. The van der Waals surface area contributed by atoms with E-state index in [4.69, 9.17) is 5.11 Å². The minimum absolute atomic E-state index is 0.0633. The van der Waals surface area contributed by atoms with Crippen molar-refractivity contribution in [2.75, 3.05) is 25.9 Å². The number of benzene rings is 1. The number of amides is 1. The van der Waals surface area contributed by atoms with Crippen LogP contribution in [0.25, 0.3) is 6.08 Å². The third kappa shape index (κ3) is 5.15. The molecule has 0 spiro atoms. The summed E-state index contributed by atoms with van der Waals surface area (Å²) in [4.78, 5) is 24.8. The highest BCUT2D eigenvalue weighted by molar-refractivity contribution is 7.88. The average Bonchev–Trinajstić information content (AvgIpc) is 2.60. The minimum Gasteiger partial charge on any atom is -0.478 e. The molecule has 0 unspecified atom stereocenters. The molecule has 0 aromatic heterocycles. The van der Waals surface area contributed by atoms with Crippen LogP contribution in [0.15, 0.2) is 30.3 Å². The second-order valence-electron chi connectivity index (χ2n) is 6.28. The summed E-state index contributed by atoms with van der Waals surface area (Å²) in [5.41, 5.74) is 0.939. The molecule has 8 heteroatoms. The zero-order chi connectivity index (χ0) is 19.3. The predicted molar refractivity (Wildman–Crippen MR) is 99.3 cm³/mol. The Morgan fingerprint density at radius 3 is 2.27 bits per heavy atom. The Morgan fingerprint density at radius 2 is 1.81 bits per heavy atom. The van der Waals surface area contributed by atoms with Gasteiger partial charge in [0.25, 0.3) is 0 Å². The van der Waals surface area contributed by atoms with Crippen LogP contribution < -0.4 is 0 Å². The monoisotopic (exact) mass is 380 g/mol. The molecule has 0 saturated carbocycles. The summed E-state index contributed by atoms with van der Waals surface area (Å²) < 4.78 is 25.1. The number of piperidine rings is 1. The second kappa shape index (κ2) is 8.46. The summed E-state index contributed by atoms with van der Waals surface area (Å²) in [7, 11) is -3.23. The Balaban J connectivity index is 1.92. The van der Waals surface area contributed by atoms with Gasteiger partial charge in [0.2, 0.25) is 15.9 Å². The summed E-state index contributed by atoms with van der Waals surface area (Å²) in [6.07, 6.45) is 5.56. The van der Waals surface area contributed by atoms with Crippen LogP contribution in [0.5, 0.6) is 0 Å². The molecule has 1 N–H and O–H groups in total. The van der Waals surface area contributed by atoms with Gasteiger partial charge in [-0.2, -0.15) is 4.31 Å². The summed E-state index contributed by atoms with van der Waals surface area (Å²) in [5, 5.41) is 8.87. The van der Waals surface area contributed by atoms with E-state index in [1.165, 1.54) is 28.8 Å². The maximum atomic E-state index is 12.3. The lowest BCUT2D eigenvalue weighted by atomic mass is 10.0. The standard InChI is InChI=1S/C18H24N2O5S/c1-3-20(26(2,24)25)16-10-12-19(13-11-16)17(21)9-6-14-4-7-15(8-5-14)18(22)23/h4-9,16H,3,10-13H2,1-2H3,(H,22,23)/b9-6+. The van der Waals surface area contributed by atoms with Crippen LogP contribution >= 0.6 is 0 Å². The van der Waals surface area contributed by atoms with Crippen molar-refractivity contribution in [2.24, 2.45) is 0 Å². The van der Waals surface area contributed by atoms with E-state index in [1.54, 1.807) is 23.1 Å². The number of likely N-dealkylation sites (tertiary alicyclic amines) is 1. The number of carboxylic acid groups (broad SMARTS) is 1. The Bertz CT molecular complexity index is 778. The molecule has 142 valence electrons. The van der Waals surface area contributed by atoms with Gasteiger partial charge in [-0.15, -0.1) is 0 Å². The number of rotatable bonds is 6. The van der Waals surface area contributed by atoms with E-state index >= 15 is 0 Å². The van der Waals surface area contributed by atoms with E-state index in [1.807, 2.05) is 6.92 Å². The SMILES string of the molecule is CCN(C1CCN(C(=O)/C=C/c2ccc(C(=O)O)cc2)CC1)S(C)(=O)=O. The Morgan fingerprint density at radius 1 is 1.23 bits per heavy atom. The first kappa shape index (κ1) is 20.1. The van der Waals surface area contributed by atoms with Crippen molar-refractivity contribution in [3.8, 4) is 0 Å². The smallest absolute Gasteiger partial charge is 0.335 e. The molecule has 7 nitrogen and oxygen atoms in total. The molecule has 1 fully saturated rings. The molecule has 0 aliphatic carbocycles. The number of hydrogen-bond donors (Lipinski definition) is 1. The van der Waals surface area contributed by atoms with Crippen LogP contribution in [-0.4, -0.2) is 66.5 Å². The first-order valence-corrected chi connectivity index (χ1v) is 10.3.